The summed E-state index contributed by atoms with van der Waals surface area (Å²) >= 11 is 0. The Morgan fingerprint density at radius 2 is 2.35 bits per heavy atom. The first-order valence-corrected chi connectivity index (χ1v) is 6.20. The molecule has 0 radical (unpaired) electrons. The summed E-state index contributed by atoms with van der Waals surface area (Å²) in [5.74, 6) is 0.322. The first kappa shape index (κ1) is 12.0. The zero-order chi connectivity index (χ0) is 12.1. The number of amides is 1. The molecule has 1 fully saturated rings. The van der Waals surface area contributed by atoms with Crippen LogP contribution in [0.5, 0.6) is 0 Å². The van der Waals surface area contributed by atoms with Crippen LogP contribution in [0.1, 0.15) is 37.3 Å². The molecule has 0 aliphatic heterocycles. The van der Waals surface area contributed by atoms with Crippen molar-refractivity contribution in [2.24, 2.45) is 5.73 Å². The predicted molar refractivity (Wildman–Crippen MR) is 66.4 cm³/mol. The van der Waals surface area contributed by atoms with Gasteiger partial charge in [0.05, 0.1) is 0 Å². The number of nitrogens with zero attached hydrogens (tertiary/aromatic N) is 1. The van der Waals surface area contributed by atoms with Gasteiger partial charge in [0.15, 0.2) is 0 Å². The van der Waals surface area contributed by atoms with E-state index in [4.69, 9.17) is 5.73 Å². The number of pyridine rings is 1. The number of carbonyl (C=O) groups excluding carboxylic acids is 1. The van der Waals surface area contributed by atoms with Gasteiger partial charge in [0.2, 0.25) is 5.91 Å². The lowest BCUT2D eigenvalue weighted by atomic mass is 9.99. The van der Waals surface area contributed by atoms with E-state index in [1.165, 1.54) is 0 Å². The van der Waals surface area contributed by atoms with Gasteiger partial charge in [0, 0.05) is 36.8 Å². The lowest BCUT2D eigenvalue weighted by molar-refractivity contribution is -0.121. The fraction of sp³-hybridized carbons (Fsp3) is 0.538. The minimum absolute atomic E-state index is 0.141. The zero-order valence-electron chi connectivity index (χ0n) is 9.93. The minimum atomic E-state index is 0.141. The summed E-state index contributed by atoms with van der Waals surface area (Å²) < 4.78 is 0. The second-order valence-corrected chi connectivity index (χ2v) is 4.57. The van der Waals surface area contributed by atoms with Gasteiger partial charge in [-0.1, -0.05) is 6.07 Å². The molecule has 1 amide bonds. The van der Waals surface area contributed by atoms with Crippen LogP contribution in [0.3, 0.4) is 0 Å². The highest BCUT2D eigenvalue weighted by molar-refractivity contribution is 5.76. The molecule has 1 aromatic heterocycles. The number of rotatable bonds is 6. The van der Waals surface area contributed by atoms with Crippen molar-refractivity contribution in [1.82, 2.24) is 10.3 Å². The van der Waals surface area contributed by atoms with Crippen LogP contribution in [0.4, 0.5) is 0 Å². The van der Waals surface area contributed by atoms with Gasteiger partial charge in [0.1, 0.15) is 0 Å². The van der Waals surface area contributed by atoms with E-state index in [0.29, 0.717) is 19.0 Å². The molecule has 1 aliphatic carbocycles. The molecule has 1 aromatic rings. The average molecular weight is 233 g/mol. The summed E-state index contributed by atoms with van der Waals surface area (Å²) in [6.45, 7) is 0.535. The van der Waals surface area contributed by atoms with Crippen LogP contribution in [-0.4, -0.2) is 23.5 Å². The summed E-state index contributed by atoms with van der Waals surface area (Å²) in [6, 6.07) is 6.25. The van der Waals surface area contributed by atoms with Crippen molar-refractivity contribution in [1.29, 1.82) is 0 Å². The Bertz CT molecular complexity index is 362. The molecule has 0 saturated heterocycles. The summed E-state index contributed by atoms with van der Waals surface area (Å²) in [5, 5.41) is 2.98. The Labute approximate surface area is 102 Å². The quantitative estimate of drug-likeness (QED) is 0.775. The summed E-state index contributed by atoms with van der Waals surface area (Å²) in [6.07, 6.45) is 5.34. The summed E-state index contributed by atoms with van der Waals surface area (Å²) in [7, 11) is 0. The second kappa shape index (κ2) is 5.77. The Morgan fingerprint density at radius 3 is 2.94 bits per heavy atom. The largest absolute Gasteiger partial charge is 0.353 e. The van der Waals surface area contributed by atoms with Crippen LogP contribution in [0.2, 0.25) is 0 Å². The lowest BCUT2D eigenvalue weighted by Gasteiger charge is -2.13. The van der Waals surface area contributed by atoms with Gasteiger partial charge in [-0.2, -0.15) is 0 Å². The number of aromatic nitrogens is 1. The van der Waals surface area contributed by atoms with Gasteiger partial charge >= 0.3 is 0 Å². The topological polar surface area (TPSA) is 68.0 Å². The molecule has 4 nitrogen and oxygen atoms in total. The van der Waals surface area contributed by atoms with Crippen molar-refractivity contribution in [2.75, 3.05) is 6.54 Å². The van der Waals surface area contributed by atoms with Crippen LogP contribution in [0, 0.1) is 0 Å². The first-order chi connectivity index (χ1) is 8.29. The Kier molecular flexibility index (Phi) is 4.09. The molecule has 2 rings (SSSR count). The number of nitrogens with one attached hydrogen (secondary N) is 1. The van der Waals surface area contributed by atoms with Crippen molar-refractivity contribution in [2.45, 2.75) is 37.6 Å². The average Bonchev–Trinajstić information content (AvgIpc) is 3.15. The highest BCUT2D eigenvalue weighted by Gasteiger charge is 2.23. The third-order valence-corrected chi connectivity index (χ3v) is 3.05. The number of hydrogen-bond acceptors (Lipinski definition) is 3. The molecule has 1 unspecified atom stereocenters. The van der Waals surface area contributed by atoms with E-state index in [-0.39, 0.29) is 11.8 Å². The van der Waals surface area contributed by atoms with Gasteiger partial charge < -0.3 is 11.1 Å². The zero-order valence-corrected chi connectivity index (χ0v) is 9.93. The second-order valence-electron chi connectivity index (χ2n) is 4.57. The Hall–Kier alpha value is -1.42. The van der Waals surface area contributed by atoms with E-state index in [1.54, 1.807) is 6.20 Å². The van der Waals surface area contributed by atoms with E-state index in [9.17, 15) is 4.79 Å². The van der Waals surface area contributed by atoms with E-state index in [0.717, 1.165) is 25.0 Å². The molecule has 92 valence electrons. The third-order valence-electron chi connectivity index (χ3n) is 3.05. The van der Waals surface area contributed by atoms with E-state index >= 15 is 0 Å². The maximum absolute atomic E-state index is 11.6. The van der Waals surface area contributed by atoms with Crippen LogP contribution in [0.25, 0.3) is 0 Å². The van der Waals surface area contributed by atoms with Crippen LogP contribution < -0.4 is 11.1 Å². The van der Waals surface area contributed by atoms with Crippen molar-refractivity contribution >= 4 is 5.91 Å². The molecule has 1 aliphatic rings. The molecule has 4 heteroatoms. The number of carbonyl (C=O) groups is 1. The standard InChI is InChI=1S/C13H19N3O/c14-9-10(12-3-1-2-8-15-12)4-7-13(17)16-11-5-6-11/h1-3,8,10-11H,4-7,9,14H2,(H,16,17). The normalized spacial score (nSPS) is 16.5. The van der Waals surface area contributed by atoms with E-state index < -0.39 is 0 Å². The van der Waals surface area contributed by atoms with Crippen molar-refractivity contribution in [3.05, 3.63) is 30.1 Å². The van der Waals surface area contributed by atoms with Crippen LogP contribution >= 0.6 is 0 Å². The molecule has 0 spiro atoms. The predicted octanol–water partition coefficient (Wildman–Crippen LogP) is 1.18. The van der Waals surface area contributed by atoms with Gasteiger partial charge in [-0.25, -0.2) is 0 Å². The number of hydrogen-bond donors (Lipinski definition) is 2. The molecule has 0 bridgehead atoms. The van der Waals surface area contributed by atoms with E-state index in [2.05, 4.69) is 10.3 Å². The summed E-state index contributed by atoms with van der Waals surface area (Å²) in [4.78, 5) is 15.9. The van der Waals surface area contributed by atoms with Crippen molar-refractivity contribution in [3.8, 4) is 0 Å². The van der Waals surface area contributed by atoms with Crippen molar-refractivity contribution < 1.29 is 4.79 Å². The van der Waals surface area contributed by atoms with Gasteiger partial charge in [-0.3, -0.25) is 9.78 Å². The third kappa shape index (κ3) is 3.82. The van der Waals surface area contributed by atoms with Crippen LogP contribution in [0.15, 0.2) is 24.4 Å². The maximum Gasteiger partial charge on any atom is 0.220 e. The smallest absolute Gasteiger partial charge is 0.220 e. The molecule has 3 N–H and O–H groups in total. The van der Waals surface area contributed by atoms with Crippen LogP contribution in [-0.2, 0) is 4.79 Å². The molecule has 17 heavy (non-hydrogen) atoms. The van der Waals surface area contributed by atoms with Crippen molar-refractivity contribution in [3.63, 3.8) is 0 Å². The highest BCUT2D eigenvalue weighted by atomic mass is 16.1. The SMILES string of the molecule is NCC(CCC(=O)NC1CC1)c1ccccn1. The monoisotopic (exact) mass is 233 g/mol. The molecular formula is C13H19N3O. The fourth-order valence-electron chi connectivity index (χ4n) is 1.84. The Balaban J connectivity index is 1.80. The molecular weight excluding hydrogens is 214 g/mol. The summed E-state index contributed by atoms with van der Waals surface area (Å²) in [5.41, 5.74) is 6.71. The minimum Gasteiger partial charge on any atom is -0.353 e. The number of nitrogens with two attached hydrogens (primary N) is 1. The van der Waals surface area contributed by atoms with Gasteiger partial charge in [-0.15, -0.1) is 0 Å². The Morgan fingerprint density at radius 1 is 1.53 bits per heavy atom. The molecule has 1 atom stereocenters. The first-order valence-electron chi connectivity index (χ1n) is 6.20. The van der Waals surface area contributed by atoms with E-state index in [1.807, 2.05) is 18.2 Å². The lowest BCUT2D eigenvalue weighted by Crippen LogP contribution is -2.26. The fourth-order valence-corrected chi connectivity index (χ4v) is 1.84. The maximum atomic E-state index is 11.6. The molecule has 1 saturated carbocycles. The molecule has 1 heterocycles. The van der Waals surface area contributed by atoms with Gasteiger partial charge in [-0.05, 0) is 31.4 Å². The van der Waals surface area contributed by atoms with Gasteiger partial charge in [0.25, 0.3) is 0 Å². The highest BCUT2D eigenvalue weighted by Crippen LogP contribution is 2.20. The molecule has 0 aromatic carbocycles.